The van der Waals surface area contributed by atoms with Gasteiger partial charge < -0.3 is 4.90 Å². The summed E-state index contributed by atoms with van der Waals surface area (Å²) in [5.41, 5.74) is 13.0. The van der Waals surface area contributed by atoms with Crippen LogP contribution in [-0.2, 0) is 0 Å². The van der Waals surface area contributed by atoms with Gasteiger partial charge in [0.15, 0.2) is 0 Å². The standard InChI is InChI=1S/C49H30N2S2/c1-3-10-31(11-4-1)32-18-22-35(23-19-32)51(37-26-29-45-43(30-37)39-14-7-8-17-44(39)52-45)36-24-20-33(21-25-36)38-27-28-41-46-40(38)15-9-16-42(46)48-47(41)50-49(53-48)34-12-5-2-6-13-34/h1-30H. The van der Waals surface area contributed by atoms with Crippen LogP contribution >= 0.6 is 22.7 Å². The van der Waals surface area contributed by atoms with Crippen LogP contribution in [0.1, 0.15) is 0 Å². The van der Waals surface area contributed by atoms with Crippen LogP contribution in [0, 0.1) is 0 Å². The summed E-state index contributed by atoms with van der Waals surface area (Å²) in [5.74, 6) is 0. The fourth-order valence-electron chi connectivity index (χ4n) is 7.96. The van der Waals surface area contributed by atoms with Crippen LogP contribution in [0.2, 0.25) is 0 Å². The van der Waals surface area contributed by atoms with Crippen LogP contribution in [0.25, 0.3) is 85.5 Å². The van der Waals surface area contributed by atoms with Gasteiger partial charge in [-0.05, 0) is 76.2 Å². The maximum absolute atomic E-state index is 5.16. The predicted octanol–water partition coefficient (Wildman–Crippen LogP) is 14.8. The number of anilines is 3. The number of rotatable bonds is 6. The van der Waals surface area contributed by atoms with Crippen molar-refractivity contribution in [1.29, 1.82) is 0 Å². The highest BCUT2D eigenvalue weighted by Crippen LogP contribution is 2.53. The number of thiazole rings is 1. The molecule has 2 nitrogen and oxygen atoms in total. The van der Waals surface area contributed by atoms with Gasteiger partial charge in [0.1, 0.15) is 5.01 Å². The van der Waals surface area contributed by atoms with Crippen LogP contribution in [0.4, 0.5) is 17.1 Å². The maximum Gasteiger partial charge on any atom is 0.124 e. The summed E-state index contributed by atoms with van der Waals surface area (Å²) in [6.45, 7) is 0. The Hall–Kier alpha value is -6.33. The number of hydrogen-bond acceptors (Lipinski definition) is 4. The van der Waals surface area contributed by atoms with Crippen LogP contribution in [0.15, 0.2) is 182 Å². The second-order valence-corrected chi connectivity index (χ2v) is 15.6. The van der Waals surface area contributed by atoms with Crippen molar-refractivity contribution in [2.24, 2.45) is 0 Å². The molecule has 248 valence electrons. The van der Waals surface area contributed by atoms with Crippen molar-refractivity contribution in [1.82, 2.24) is 4.98 Å². The zero-order chi connectivity index (χ0) is 34.9. The molecule has 4 heteroatoms. The molecule has 0 unspecified atom stereocenters. The molecule has 1 aliphatic rings. The van der Waals surface area contributed by atoms with Crippen molar-refractivity contribution < 1.29 is 0 Å². The highest BCUT2D eigenvalue weighted by Gasteiger charge is 2.27. The summed E-state index contributed by atoms with van der Waals surface area (Å²) in [7, 11) is 0. The monoisotopic (exact) mass is 710 g/mol. The Morgan fingerprint density at radius 2 is 0.981 bits per heavy atom. The molecule has 11 rings (SSSR count). The first kappa shape index (κ1) is 30.3. The molecule has 2 heterocycles. The molecule has 0 amide bonds. The fraction of sp³-hybridized carbons (Fsp3) is 0. The average Bonchev–Trinajstić information content (AvgIpc) is 3.92. The summed E-state index contributed by atoms with van der Waals surface area (Å²) in [6, 6.07) is 66.0. The lowest BCUT2D eigenvalue weighted by molar-refractivity contribution is 1.29. The third-order valence-electron chi connectivity index (χ3n) is 10.5. The van der Waals surface area contributed by atoms with E-state index in [1.807, 2.05) is 11.3 Å². The highest BCUT2D eigenvalue weighted by molar-refractivity contribution is 7.25. The van der Waals surface area contributed by atoms with Gasteiger partial charge in [-0.25, -0.2) is 4.98 Å². The lowest BCUT2D eigenvalue weighted by atomic mass is 9.94. The quantitative estimate of drug-likeness (QED) is 0.171. The van der Waals surface area contributed by atoms with Gasteiger partial charge in [0.05, 0.1) is 10.6 Å². The van der Waals surface area contributed by atoms with E-state index >= 15 is 0 Å². The molecule has 53 heavy (non-hydrogen) atoms. The van der Waals surface area contributed by atoms with E-state index in [-0.39, 0.29) is 0 Å². The number of hydrogen-bond donors (Lipinski definition) is 0. The highest BCUT2D eigenvalue weighted by atomic mass is 32.1. The molecule has 0 saturated carbocycles. The third-order valence-corrected chi connectivity index (χ3v) is 12.8. The van der Waals surface area contributed by atoms with Crippen molar-refractivity contribution in [3.63, 3.8) is 0 Å². The van der Waals surface area contributed by atoms with Crippen LogP contribution in [-0.4, -0.2) is 4.98 Å². The zero-order valence-electron chi connectivity index (χ0n) is 28.5. The molecule has 0 atom stereocenters. The lowest BCUT2D eigenvalue weighted by Gasteiger charge is -2.26. The largest absolute Gasteiger partial charge is 0.310 e. The van der Waals surface area contributed by atoms with Crippen molar-refractivity contribution in [2.45, 2.75) is 0 Å². The molecule has 0 saturated heterocycles. The Morgan fingerprint density at radius 1 is 0.377 bits per heavy atom. The zero-order valence-corrected chi connectivity index (χ0v) is 30.2. The van der Waals surface area contributed by atoms with E-state index in [1.165, 1.54) is 74.8 Å². The number of thiophene rings is 1. The van der Waals surface area contributed by atoms with Crippen molar-refractivity contribution in [2.75, 3.05) is 4.90 Å². The fourth-order valence-corrected chi connectivity index (χ4v) is 10.2. The Bertz CT molecular complexity index is 2950. The van der Waals surface area contributed by atoms with E-state index in [0.717, 1.165) is 27.8 Å². The Morgan fingerprint density at radius 3 is 1.75 bits per heavy atom. The molecule has 0 bridgehead atoms. The first-order valence-electron chi connectivity index (χ1n) is 17.9. The van der Waals surface area contributed by atoms with Gasteiger partial charge in [-0.2, -0.15) is 0 Å². The van der Waals surface area contributed by atoms with Crippen LogP contribution < -0.4 is 4.90 Å². The molecule has 10 aromatic rings. The number of benzene rings is 8. The van der Waals surface area contributed by atoms with E-state index in [1.54, 1.807) is 11.3 Å². The minimum atomic E-state index is 1.07. The summed E-state index contributed by atoms with van der Waals surface area (Å²) in [4.78, 5) is 8.81. The second-order valence-electron chi connectivity index (χ2n) is 13.5. The first-order chi connectivity index (χ1) is 26.3. The first-order valence-corrected chi connectivity index (χ1v) is 19.5. The summed E-state index contributed by atoms with van der Waals surface area (Å²) in [6.07, 6.45) is 0. The molecule has 0 fully saturated rings. The normalized spacial score (nSPS) is 11.8. The maximum atomic E-state index is 5.16. The van der Waals surface area contributed by atoms with E-state index in [2.05, 4.69) is 187 Å². The topological polar surface area (TPSA) is 16.1 Å². The Balaban J connectivity index is 1.00. The molecule has 0 spiro atoms. The van der Waals surface area contributed by atoms with Gasteiger partial charge in [-0.3, -0.25) is 0 Å². The Labute approximate surface area is 315 Å². The van der Waals surface area contributed by atoms with E-state index in [9.17, 15) is 0 Å². The minimum Gasteiger partial charge on any atom is -0.310 e. The molecule has 1 aliphatic carbocycles. The number of fused-ring (bicyclic) bond motifs is 6. The van der Waals surface area contributed by atoms with Crippen LogP contribution in [0.5, 0.6) is 0 Å². The van der Waals surface area contributed by atoms with Crippen molar-refractivity contribution in [3.05, 3.63) is 182 Å². The van der Waals surface area contributed by atoms with Gasteiger partial charge in [-0.1, -0.05) is 133 Å². The molecular weight excluding hydrogens is 681 g/mol. The van der Waals surface area contributed by atoms with Gasteiger partial charge in [0, 0.05) is 59.3 Å². The number of nitrogens with zero attached hydrogens (tertiary/aromatic N) is 2. The average molecular weight is 711 g/mol. The summed E-state index contributed by atoms with van der Waals surface area (Å²) >= 11 is 3.65. The van der Waals surface area contributed by atoms with Crippen molar-refractivity contribution in [3.8, 4) is 54.5 Å². The molecule has 2 aromatic heterocycles. The molecule has 0 aliphatic heterocycles. The third kappa shape index (κ3) is 4.95. The number of aromatic nitrogens is 1. The lowest BCUT2D eigenvalue weighted by Crippen LogP contribution is -2.09. The molecule has 8 aromatic carbocycles. The van der Waals surface area contributed by atoms with E-state index in [0.29, 0.717) is 0 Å². The summed E-state index contributed by atoms with van der Waals surface area (Å²) < 4.78 is 2.62. The molecule has 0 radical (unpaired) electrons. The Kier molecular flexibility index (Phi) is 6.94. The van der Waals surface area contributed by atoms with E-state index < -0.39 is 0 Å². The van der Waals surface area contributed by atoms with Gasteiger partial charge in [-0.15, -0.1) is 22.7 Å². The summed E-state index contributed by atoms with van der Waals surface area (Å²) in [5, 5.41) is 6.24. The van der Waals surface area contributed by atoms with E-state index in [4.69, 9.17) is 4.98 Å². The molecule has 0 N–H and O–H groups in total. The SMILES string of the molecule is c1ccc(-c2ccc(N(c3ccc(-c4ccc5c6c(cccc46)-c4sc(-c6ccccc6)nc4-5)cc3)c3ccc4sc5ccccc5c4c3)cc2)cc1. The molecular formula is C49H30N2S2. The minimum absolute atomic E-state index is 1.07. The van der Waals surface area contributed by atoms with Crippen LogP contribution in [0.3, 0.4) is 0 Å². The smallest absolute Gasteiger partial charge is 0.124 e. The predicted molar refractivity (Wildman–Crippen MR) is 228 cm³/mol. The van der Waals surface area contributed by atoms with Gasteiger partial charge in [0.25, 0.3) is 0 Å². The second kappa shape index (κ2) is 12.1. The van der Waals surface area contributed by atoms with Gasteiger partial charge >= 0.3 is 0 Å². The van der Waals surface area contributed by atoms with Gasteiger partial charge in [0.2, 0.25) is 0 Å². The van der Waals surface area contributed by atoms with Crippen molar-refractivity contribution >= 4 is 70.7 Å².